The summed E-state index contributed by atoms with van der Waals surface area (Å²) in [5, 5.41) is 15.5. The van der Waals surface area contributed by atoms with Crippen LogP contribution in [0, 0.1) is 5.92 Å². The molecular weight excluding hydrogens is 386 g/mol. The maximum absolute atomic E-state index is 12.8. The van der Waals surface area contributed by atoms with E-state index in [1.165, 1.54) is 11.3 Å². The number of carbonyl (C=O) groups excluding carboxylic acids is 1. The number of aromatic nitrogens is 1. The van der Waals surface area contributed by atoms with Gasteiger partial charge in [0.05, 0.1) is 17.5 Å². The van der Waals surface area contributed by atoms with E-state index in [0.717, 1.165) is 74.9 Å². The Kier molecular flexibility index (Phi) is 6.32. The number of rotatable bonds is 5. The van der Waals surface area contributed by atoms with Crippen molar-refractivity contribution in [1.29, 1.82) is 0 Å². The highest BCUT2D eigenvalue weighted by Crippen LogP contribution is 2.30. The van der Waals surface area contributed by atoms with Crippen molar-refractivity contribution in [3.63, 3.8) is 0 Å². The molecule has 8 heteroatoms. The van der Waals surface area contributed by atoms with Crippen molar-refractivity contribution in [3.05, 3.63) is 35.3 Å². The van der Waals surface area contributed by atoms with E-state index >= 15 is 0 Å². The Morgan fingerprint density at radius 3 is 2.55 bits per heavy atom. The minimum Gasteiger partial charge on any atom is -0.393 e. The predicted molar refractivity (Wildman–Crippen MR) is 118 cm³/mol. The average Bonchev–Trinajstić information content (AvgIpc) is 3.25. The molecule has 0 bridgehead atoms. The Balaban J connectivity index is 1.42. The minimum atomic E-state index is -0.226. The van der Waals surface area contributed by atoms with Crippen LogP contribution in [0.15, 0.2) is 29.6 Å². The van der Waals surface area contributed by atoms with Crippen molar-refractivity contribution in [2.24, 2.45) is 11.7 Å². The monoisotopic (exact) mass is 415 g/mol. The third kappa shape index (κ3) is 4.71. The summed E-state index contributed by atoms with van der Waals surface area (Å²) in [4.78, 5) is 21.9. The molecule has 29 heavy (non-hydrogen) atoms. The Hall–Kier alpha value is -2.16. The first-order chi connectivity index (χ1) is 14.1. The van der Waals surface area contributed by atoms with Crippen LogP contribution in [-0.4, -0.2) is 54.8 Å². The number of hydrogen-bond donors (Lipinski definition) is 3. The number of anilines is 3. The zero-order valence-electron chi connectivity index (χ0n) is 16.6. The largest absolute Gasteiger partial charge is 0.393 e. The molecule has 7 nitrogen and oxygen atoms in total. The summed E-state index contributed by atoms with van der Waals surface area (Å²) in [6, 6.07) is 7.83. The van der Waals surface area contributed by atoms with Crippen LogP contribution < -0.4 is 20.9 Å². The summed E-state index contributed by atoms with van der Waals surface area (Å²) in [7, 11) is 0. The van der Waals surface area contributed by atoms with E-state index in [1.807, 2.05) is 29.6 Å². The number of nitrogens with one attached hydrogen (secondary N) is 1. The number of carbonyl (C=O) groups is 1. The van der Waals surface area contributed by atoms with Gasteiger partial charge < -0.3 is 26.0 Å². The van der Waals surface area contributed by atoms with Gasteiger partial charge in [0.15, 0.2) is 5.13 Å². The highest BCUT2D eigenvalue weighted by atomic mass is 32.1. The molecule has 1 amide bonds. The molecule has 2 aliphatic rings. The maximum atomic E-state index is 12.8. The van der Waals surface area contributed by atoms with E-state index in [1.54, 1.807) is 0 Å². The molecule has 2 aromatic rings. The fourth-order valence-corrected chi connectivity index (χ4v) is 4.88. The van der Waals surface area contributed by atoms with Gasteiger partial charge in [0, 0.05) is 31.6 Å². The zero-order valence-corrected chi connectivity index (χ0v) is 17.4. The van der Waals surface area contributed by atoms with Crippen LogP contribution in [0.5, 0.6) is 0 Å². The number of aliphatic hydroxyl groups is 1. The molecular formula is C21H29N5O2S. The normalized spacial score (nSPS) is 18.8. The van der Waals surface area contributed by atoms with Crippen LogP contribution in [0.25, 0.3) is 0 Å². The second-order valence-corrected chi connectivity index (χ2v) is 8.71. The van der Waals surface area contributed by atoms with E-state index in [0.29, 0.717) is 11.6 Å². The van der Waals surface area contributed by atoms with Gasteiger partial charge >= 0.3 is 0 Å². The quantitative estimate of drug-likeness (QED) is 0.695. The first-order valence-electron chi connectivity index (χ1n) is 10.4. The minimum absolute atomic E-state index is 0.186. The van der Waals surface area contributed by atoms with Crippen molar-refractivity contribution < 1.29 is 9.90 Å². The summed E-state index contributed by atoms with van der Waals surface area (Å²) >= 11 is 1.52. The Bertz CT molecular complexity index is 826. The molecule has 0 unspecified atom stereocenters. The van der Waals surface area contributed by atoms with E-state index < -0.39 is 0 Å². The van der Waals surface area contributed by atoms with Gasteiger partial charge in [0.2, 0.25) is 0 Å². The van der Waals surface area contributed by atoms with Crippen molar-refractivity contribution in [2.45, 2.75) is 31.8 Å². The number of piperidine rings is 2. The molecule has 0 aliphatic carbocycles. The van der Waals surface area contributed by atoms with Crippen molar-refractivity contribution >= 4 is 33.8 Å². The fourth-order valence-electron chi connectivity index (χ4n) is 4.02. The third-order valence-electron chi connectivity index (χ3n) is 5.90. The lowest BCUT2D eigenvalue weighted by Gasteiger charge is -2.32. The molecule has 4 rings (SSSR count). The van der Waals surface area contributed by atoms with Crippen LogP contribution >= 0.6 is 11.3 Å². The first kappa shape index (κ1) is 20.1. The number of hydrogen-bond acceptors (Lipinski definition) is 7. The Morgan fingerprint density at radius 2 is 1.83 bits per heavy atom. The molecule has 2 fully saturated rings. The van der Waals surface area contributed by atoms with Gasteiger partial charge in [-0.05, 0) is 50.3 Å². The van der Waals surface area contributed by atoms with Gasteiger partial charge in [-0.3, -0.25) is 4.79 Å². The smallest absolute Gasteiger partial charge is 0.275 e. The number of amides is 1. The summed E-state index contributed by atoms with van der Waals surface area (Å²) in [6.45, 7) is 4.20. The molecule has 4 N–H and O–H groups in total. The zero-order chi connectivity index (χ0) is 20.2. The van der Waals surface area contributed by atoms with E-state index in [2.05, 4.69) is 20.1 Å². The molecule has 3 heterocycles. The van der Waals surface area contributed by atoms with Crippen molar-refractivity contribution in [2.75, 3.05) is 47.8 Å². The standard InChI is InChI=1S/C21H29N5O2S/c22-13-15-5-9-26(10-6-15)21-24-18(14-29-21)20(28)23-17-3-1-2-4-19(17)25-11-7-16(27)8-12-25/h1-4,14-16,27H,5-13,22H2,(H,23,28). The summed E-state index contributed by atoms with van der Waals surface area (Å²) in [6.07, 6.45) is 3.43. The van der Waals surface area contributed by atoms with Crippen LogP contribution in [0.3, 0.4) is 0 Å². The highest BCUT2D eigenvalue weighted by molar-refractivity contribution is 7.14. The molecule has 0 saturated carbocycles. The van der Waals surface area contributed by atoms with E-state index in [4.69, 9.17) is 5.73 Å². The van der Waals surface area contributed by atoms with E-state index in [9.17, 15) is 9.90 Å². The third-order valence-corrected chi connectivity index (χ3v) is 6.80. The summed E-state index contributed by atoms with van der Waals surface area (Å²) in [5.41, 5.74) is 8.01. The number of aliphatic hydroxyl groups excluding tert-OH is 1. The van der Waals surface area contributed by atoms with Crippen LogP contribution in [-0.2, 0) is 0 Å². The molecule has 0 radical (unpaired) electrons. The Morgan fingerprint density at radius 1 is 1.14 bits per heavy atom. The van der Waals surface area contributed by atoms with Crippen molar-refractivity contribution in [3.8, 4) is 0 Å². The van der Waals surface area contributed by atoms with Gasteiger partial charge in [-0.2, -0.15) is 0 Å². The lowest BCUT2D eigenvalue weighted by Crippen LogP contribution is -2.36. The lowest BCUT2D eigenvalue weighted by molar-refractivity contribution is 0.102. The van der Waals surface area contributed by atoms with Gasteiger partial charge in [0.1, 0.15) is 5.69 Å². The number of thiazole rings is 1. The summed E-state index contributed by atoms with van der Waals surface area (Å²) in [5.74, 6) is 0.412. The predicted octanol–water partition coefficient (Wildman–Crippen LogP) is 2.53. The lowest BCUT2D eigenvalue weighted by atomic mass is 9.98. The second kappa shape index (κ2) is 9.11. The molecule has 1 aromatic carbocycles. The van der Waals surface area contributed by atoms with Crippen LogP contribution in [0.4, 0.5) is 16.5 Å². The molecule has 0 spiro atoms. The first-order valence-corrected chi connectivity index (χ1v) is 11.3. The highest BCUT2D eigenvalue weighted by Gasteiger charge is 2.23. The van der Waals surface area contributed by atoms with Crippen LogP contribution in [0.2, 0.25) is 0 Å². The number of benzene rings is 1. The Labute approximate surface area is 175 Å². The second-order valence-electron chi connectivity index (χ2n) is 7.87. The SMILES string of the molecule is NCC1CCN(c2nc(C(=O)Nc3ccccc3N3CCC(O)CC3)cs2)CC1. The molecule has 2 saturated heterocycles. The molecule has 0 atom stereocenters. The van der Waals surface area contributed by atoms with Gasteiger partial charge in [-0.1, -0.05) is 12.1 Å². The van der Waals surface area contributed by atoms with Crippen molar-refractivity contribution in [1.82, 2.24) is 4.98 Å². The van der Waals surface area contributed by atoms with E-state index in [-0.39, 0.29) is 12.0 Å². The number of nitrogens with zero attached hydrogens (tertiary/aromatic N) is 3. The molecule has 2 aliphatic heterocycles. The van der Waals surface area contributed by atoms with Gasteiger partial charge in [-0.25, -0.2) is 4.98 Å². The summed E-state index contributed by atoms with van der Waals surface area (Å²) < 4.78 is 0. The number of para-hydroxylation sites is 2. The van der Waals surface area contributed by atoms with Gasteiger partial charge in [-0.15, -0.1) is 11.3 Å². The average molecular weight is 416 g/mol. The topological polar surface area (TPSA) is 94.7 Å². The molecule has 156 valence electrons. The van der Waals surface area contributed by atoms with Crippen LogP contribution in [0.1, 0.15) is 36.2 Å². The van der Waals surface area contributed by atoms with Gasteiger partial charge in [0.25, 0.3) is 5.91 Å². The molecule has 1 aromatic heterocycles. The number of nitrogens with two attached hydrogens (primary N) is 1. The maximum Gasteiger partial charge on any atom is 0.275 e. The fraction of sp³-hybridized carbons (Fsp3) is 0.524.